The predicted octanol–water partition coefficient (Wildman–Crippen LogP) is 2.69. The summed E-state index contributed by atoms with van der Waals surface area (Å²) in [6.07, 6.45) is 5.65. The molecule has 6 heteroatoms. The minimum absolute atomic E-state index is 0.0162. The predicted molar refractivity (Wildman–Crippen MR) is 80.9 cm³/mol. The average Bonchev–Trinajstić information content (AvgIpc) is 3.00. The van der Waals surface area contributed by atoms with Crippen molar-refractivity contribution in [3.05, 3.63) is 44.9 Å². The Bertz CT molecular complexity index is 735. The highest BCUT2D eigenvalue weighted by molar-refractivity contribution is 9.10. The Morgan fingerprint density at radius 2 is 2.14 bits per heavy atom. The maximum Gasteiger partial charge on any atom is 0.309 e. The van der Waals surface area contributed by atoms with Crippen molar-refractivity contribution in [1.82, 2.24) is 9.38 Å². The topological polar surface area (TPSA) is 60.7 Å². The Hall–Kier alpha value is -1.69. The second kappa shape index (κ2) is 5.97. The lowest BCUT2D eigenvalue weighted by Crippen LogP contribution is -2.18. The van der Waals surface area contributed by atoms with Crippen molar-refractivity contribution in [1.29, 1.82) is 0 Å². The molecule has 0 bridgehead atoms. The van der Waals surface area contributed by atoms with Crippen LogP contribution in [0.3, 0.4) is 0 Å². The van der Waals surface area contributed by atoms with Crippen molar-refractivity contribution in [3.8, 4) is 0 Å². The lowest BCUT2D eigenvalue weighted by Gasteiger charge is -2.09. The quantitative estimate of drug-likeness (QED) is 0.798. The number of esters is 1. The molecule has 110 valence electrons. The van der Waals surface area contributed by atoms with Gasteiger partial charge >= 0.3 is 5.97 Å². The molecule has 0 amide bonds. The molecule has 3 rings (SSSR count). The maximum absolute atomic E-state index is 12.0. The molecule has 0 spiro atoms. The van der Waals surface area contributed by atoms with Crippen LogP contribution in [0.1, 0.15) is 31.4 Å². The minimum atomic E-state index is -0.187. The zero-order valence-electron chi connectivity index (χ0n) is 11.4. The van der Waals surface area contributed by atoms with E-state index in [9.17, 15) is 9.59 Å². The first-order chi connectivity index (χ1) is 10.1. The zero-order valence-corrected chi connectivity index (χ0v) is 13.0. The number of aromatic nitrogens is 2. The summed E-state index contributed by atoms with van der Waals surface area (Å²) in [5.41, 5.74) is 0.833. The second-order valence-corrected chi connectivity index (χ2v) is 6.17. The SMILES string of the molecule is O=C(OCc1cc(=O)n2cc(Br)ccc2n1)C1CCCC1. The van der Waals surface area contributed by atoms with Crippen LogP contribution in [0.5, 0.6) is 0 Å². The van der Waals surface area contributed by atoms with E-state index in [1.807, 2.05) is 6.07 Å². The van der Waals surface area contributed by atoms with E-state index in [-0.39, 0.29) is 24.1 Å². The smallest absolute Gasteiger partial charge is 0.309 e. The summed E-state index contributed by atoms with van der Waals surface area (Å²) in [7, 11) is 0. The summed E-state index contributed by atoms with van der Waals surface area (Å²) in [6.45, 7) is 0.0527. The first-order valence-electron chi connectivity index (χ1n) is 6.98. The summed E-state index contributed by atoms with van der Waals surface area (Å²) >= 11 is 3.32. The molecule has 0 saturated heterocycles. The van der Waals surface area contributed by atoms with Gasteiger partial charge in [0.2, 0.25) is 0 Å². The first-order valence-corrected chi connectivity index (χ1v) is 7.77. The van der Waals surface area contributed by atoms with Gasteiger partial charge in [-0.05, 0) is 40.9 Å². The Morgan fingerprint density at radius 3 is 2.90 bits per heavy atom. The molecule has 2 aromatic rings. The van der Waals surface area contributed by atoms with Crippen molar-refractivity contribution in [2.75, 3.05) is 0 Å². The number of hydrogen-bond acceptors (Lipinski definition) is 4. The van der Waals surface area contributed by atoms with Crippen LogP contribution < -0.4 is 5.56 Å². The highest BCUT2D eigenvalue weighted by atomic mass is 79.9. The average molecular weight is 351 g/mol. The standard InChI is InChI=1S/C15H15BrN2O3/c16-11-5-6-13-17-12(7-14(19)18(13)8-11)9-21-15(20)10-3-1-2-4-10/h5-8,10H,1-4,9H2. The van der Waals surface area contributed by atoms with E-state index in [2.05, 4.69) is 20.9 Å². The summed E-state index contributed by atoms with van der Waals surface area (Å²) in [6, 6.07) is 4.96. The van der Waals surface area contributed by atoms with E-state index in [0.29, 0.717) is 11.3 Å². The molecule has 1 fully saturated rings. The van der Waals surface area contributed by atoms with Crippen LogP contribution in [0.2, 0.25) is 0 Å². The van der Waals surface area contributed by atoms with Gasteiger partial charge in [0.25, 0.3) is 5.56 Å². The highest BCUT2D eigenvalue weighted by Crippen LogP contribution is 2.25. The minimum Gasteiger partial charge on any atom is -0.459 e. The van der Waals surface area contributed by atoms with Gasteiger partial charge in [-0.1, -0.05) is 12.8 Å². The molecule has 1 aliphatic carbocycles. The van der Waals surface area contributed by atoms with Gasteiger partial charge in [0, 0.05) is 16.7 Å². The normalized spacial score (nSPS) is 15.5. The van der Waals surface area contributed by atoms with Crippen LogP contribution in [0.4, 0.5) is 0 Å². The van der Waals surface area contributed by atoms with Crippen molar-refractivity contribution in [2.45, 2.75) is 32.3 Å². The van der Waals surface area contributed by atoms with Crippen LogP contribution in [-0.2, 0) is 16.1 Å². The molecule has 2 aromatic heterocycles. The van der Waals surface area contributed by atoms with Crippen molar-refractivity contribution < 1.29 is 9.53 Å². The molecular weight excluding hydrogens is 336 g/mol. The molecule has 1 aliphatic rings. The van der Waals surface area contributed by atoms with Crippen LogP contribution in [0, 0.1) is 5.92 Å². The molecule has 0 atom stereocenters. The maximum atomic E-state index is 12.0. The van der Waals surface area contributed by atoms with E-state index < -0.39 is 0 Å². The first kappa shape index (κ1) is 14.3. The van der Waals surface area contributed by atoms with Gasteiger partial charge in [0.15, 0.2) is 0 Å². The van der Waals surface area contributed by atoms with Crippen LogP contribution in [0.25, 0.3) is 5.65 Å². The number of hydrogen-bond donors (Lipinski definition) is 0. The third-order valence-corrected chi connectivity index (χ3v) is 4.20. The van der Waals surface area contributed by atoms with Crippen molar-refractivity contribution in [2.24, 2.45) is 5.92 Å². The number of carbonyl (C=O) groups excluding carboxylic acids is 1. The lowest BCUT2D eigenvalue weighted by molar-refractivity contribution is -0.149. The van der Waals surface area contributed by atoms with Crippen LogP contribution >= 0.6 is 15.9 Å². The molecule has 1 saturated carbocycles. The number of rotatable bonds is 3. The van der Waals surface area contributed by atoms with Gasteiger partial charge < -0.3 is 4.74 Å². The number of nitrogens with zero attached hydrogens (tertiary/aromatic N) is 2. The molecular formula is C15H15BrN2O3. The number of pyridine rings is 1. The molecule has 0 radical (unpaired) electrons. The second-order valence-electron chi connectivity index (χ2n) is 5.25. The Kier molecular flexibility index (Phi) is 4.05. The van der Waals surface area contributed by atoms with Crippen molar-refractivity contribution in [3.63, 3.8) is 0 Å². The highest BCUT2D eigenvalue weighted by Gasteiger charge is 2.24. The number of fused-ring (bicyclic) bond motifs is 1. The summed E-state index contributed by atoms with van der Waals surface area (Å²) in [5.74, 6) is -0.159. The van der Waals surface area contributed by atoms with E-state index in [1.165, 1.54) is 10.5 Å². The third kappa shape index (κ3) is 3.15. The molecule has 0 unspecified atom stereocenters. The molecule has 0 aromatic carbocycles. The monoisotopic (exact) mass is 350 g/mol. The van der Waals surface area contributed by atoms with Gasteiger partial charge in [0.1, 0.15) is 12.3 Å². The van der Waals surface area contributed by atoms with Crippen LogP contribution in [0.15, 0.2) is 33.7 Å². The van der Waals surface area contributed by atoms with Crippen LogP contribution in [-0.4, -0.2) is 15.4 Å². The van der Waals surface area contributed by atoms with E-state index in [0.717, 1.165) is 30.2 Å². The molecule has 0 N–H and O–H groups in total. The summed E-state index contributed by atoms with van der Waals surface area (Å²) in [5, 5.41) is 0. The van der Waals surface area contributed by atoms with Gasteiger partial charge in [-0.15, -0.1) is 0 Å². The van der Waals surface area contributed by atoms with E-state index in [1.54, 1.807) is 12.3 Å². The van der Waals surface area contributed by atoms with Gasteiger partial charge in [-0.25, -0.2) is 4.98 Å². The largest absolute Gasteiger partial charge is 0.459 e. The fourth-order valence-corrected chi connectivity index (χ4v) is 2.96. The number of ether oxygens (including phenoxy) is 1. The molecule has 2 heterocycles. The summed E-state index contributed by atoms with van der Waals surface area (Å²) < 4.78 is 7.54. The fourth-order valence-electron chi connectivity index (χ4n) is 2.62. The Labute approximate surface area is 130 Å². The van der Waals surface area contributed by atoms with E-state index in [4.69, 9.17) is 4.74 Å². The van der Waals surface area contributed by atoms with Crippen molar-refractivity contribution >= 4 is 27.5 Å². The van der Waals surface area contributed by atoms with Gasteiger partial charge in [-0.3, -0.25) is 14.0 Å². The van der Waals surface area contributed by atoms with Gasteiger partial charge in [-0.2, -0.15) is 0 Å². The Morgan fingerprint density at radius 1 is 1.38 bits per heavy atom. The van der Waals surface area contributed by atoms with E-state index >= 15 is 0 Å². The Balaban J connectivity index is 1.76. The fraction of sp³-hybridized carbons (Fsp3) is 0.400. The summed E-state index contributed by atoms with van der Waals surface area (Å²) in [4.78, 5) is 28.2. The van der Waals surface area contributed by atoms with Gasteiger partial charge in [0.05, 0.1) is 11.6 Å². The number of halogens is 1. The molecule has 21 heavy (non-hydrogen) atoms. The molecule has 5 nitrogen and oxygen atoms in total. The lowest BCUT2D eigenvalue weighted by atomic mass is 10.1. The third-order valence-electron chi connectivity index (χ3n) is 3.73. The number of carbonyl (C=O) groups is 1. The molecule has 0 aliphatic heterocycles. The zero-order chi connectivity index (χ0) is 14.8.